The summed E-state index contributed by atoms with van der Waals surface area (Å²) in [5.41, 5.74) is 4.64. The number of carbonyl (C=O) groups is 1. The van der Waals surface area contributed by atoms with Crippen LogP contribution in [0.5, 0.6) is 0 Å². The minimum atomic E-state index is -0.113. The maximum atomic E-state index is 11.8. The van der Waals surface area contributed by atoms with Crippen molar-refractivity contribution in [2.75, 3.05) is 0 Å². The lowest BCUT2D eigenvalue weighted by Crippen LogP contribution is -2.26. The lowest BCUT2D eigenvalue weighted by atomic mass is 10.1. The summed E-state index contributed by atoms with van der Waals surface area (Å²) < 4.78 is 0. The van der Waals surface area contributed by atoms with E-state index in [0.717, 1.165) is 11.3 Å². The smallest absolute Gasteiger partial charge is 0.239 e. The molecule has 2 N–H and O–H groups in total. The molecular weight excluding hydrogens is 246 g/mol. The molecule has 0 aromatic heterocycles. The number of hydrogen-bond acceptors (Lipinski definition) is 4. The molecule has 1 amide bonds. The Morgan fingerprint density at radius 3 is 2.89 bits per heavy atom. The third-order valence-corrected chi connectivity index (χ3v) is 3.47. The molecule has 5 heteroatoms. The monoisotopic (exact) mass is 261 g/mol. The Labute approximate surface area is 111 Å². The number of benzene rings is 1. The molecule has 1 aromatic carbocycles. The Balaban J connectivity index is 1.97. The van der Waals surface area contributed by atoms with Gasteiger partial charge in [-0.3, -0.25) is 10.2 Å². The van der Waals surface area contributed by atoms with Crippen LogP contribution in [-0.2, 0) is 11.2 Å². The van der Waals surface area contributed by atoms with Gasteiger partial charge in [-0.25, -0.2) is 0 Å². The van der Waals surface area contributed by atoms with Crippen molar-refractivity contribution >= 4 is 22.8 Å². The third-order valence-electron chi connectivity index (χ3n) is 2.39. The Bertz CT molecular complexity index is 484. The summed E-state index contributed by atoms with van der Waals surface area (Å²) in [5.74, 6) is 0.00567. The quantitative estimate of drug-likeness (QED) is 0.813. The minimum absolute atomic E-state index is 0.00567. The first kappa shape index (κ1) is 12.7. The summed E-state index contributed by atoms with van der Waals surface area (Å²) >= 11 is 1.44. The first-order valence-electron chi connectivity index (χ1n) is 5.66. The molecule has 0 spiro atoms. The van der Waals surface area contributed by atoms with Gasteiger partial charge in [0.2, 0.25) is 5.91 Å². The molecule has 18 heavy (non-hydrogen) atoms. The van der Waals surface area contributed by atoms with Crippen LogP contribution in [0.1, 0.15) is 12.5 Å². The number of allylic oxidation sites excluding steroid dienone is 1. The fraction of sp³-hybridized carbons (Fsp3) is 0.231. The second-order valence-electron chi connectivity index (χ2n) is 4.09. The van der Waals surface area contributed by atoms with Gasteiger partial charge in [-0.05, 0) is 18.9 Å². The van der Waals surface area contributed by atoms with Crippen LogP contribution in [0.2, 0.25) is 0 Å². The molecule has 94 valence electrons. The summed E-state index contributed by atoms with van der Waals surface area (Å²) in [4.78, 5) is 11.8. The van der Waals surface area contributed by atoms with Gasteiger partial charge in [0.25, 0.3) is 0 Å². The van der Waals surface area contributed by atoms with Crippen LogP contribution >= 0.6 is 11.8 Å². The predicted molar refractivity (Wildman–Crippen MR) is 75.1 cm³/mol. The summed E-state index contributed by atoms with van der Waals surface area (Å²) in [6, 6.07) is 9.97. The number of nitrogens with one attached hydrogen (secondary N) is 2. The van der Waals surface area contributed by atoms with Crippen molar-refractivity contribution in [1.82, 2.24) is 10.7 Å². The molecule has 0 aliphatic carbocycles. The van der Waals surface area contributed by atoms with Crippen LogP contribution in [0.25, 0.3) is 0 Å². The second kappa shape index (κ2) is 5.73. The third kappa shape index (κ3) is 3.37. The highest BCUT2D eigenvalue weighted by molar-refractivity contribution is 8.15. The molecule has 0 radical (unpaired) electrons. The topological polar surface area (TPSA) is 53.5 Å². The van der Waals surface area contributed by atoms with Gasteiger partial charge in [0.05, 0.1) is 5.25 Å². The Morgan fingerprint density at radius 2 is 2.22 bits per heavy atom. The highest BCUT2D eigenvalue weighted by atomic mass is 32.2. The van der Waals surface area contributed by atoms with Crippen LogP contribution in [-0.4, -0.2) is 16.3 Å². The zero-order chi connectivity index (χ0) is 13.0. The SMILES string of the molecule is C=C(C)NN=C1NC(=O)C(Cc2ccccc2)S1. The highest BCUT2D eigenvalue weighted by Gasteiger charge is 2.30. The number of carbonyl (C=O) groups excluding carboxylic acids is 1. The van der Waals surface area contributed by atoms with Gasteiger partial charge in [-0.15, -0.1) is 0 Å². The van der Waals surface area contributed by atoms with E-state index >= 15 is 0 Å². The zero-order valence-corrected chi connectivity index (χ0v) is 11.0. The van der Waals surface area contributed by atoms with Gasteiger partial charge in [-0.1, -0.05) is 48.7 Å². The van der Waals surface area contributed by atoms with Crippen LogP contribution in [0.4, 0.5) is 0 Å². The number of rotatable bonds is 4. The molecule has 1 atom stereocenters. The van der Waals surface area contributed by atoms with Crippen LogP contribution in [0, 0.1) is 0 Å². The molecule has 0 bridgehead atoms. The van der Waals surface area contributed by atoms with Gasteiger partial charge in [0.15, 0.2) is 5.17 Å². The molecule has 1 unspecified atom stereocenters. The maximum absolute atomic E-state index is 11.8. The van der Waals surface area contributed by atoms with Crippen molar-refractivity contribution in [1.29, 1.82) is 0 Å². The van der Waals surface area contributed by atoms with Gasteiger partial charge in [0.1, 0.15) is 0 Å². The molecule has 4 nitrogen and oxygen atoms in total. The summed E-state index contributed by atoms with van der Waals surface area (Å²) in [7, 11) is 0. The van der Waals surface area contributed by atoms with E-state index in [0.29, 0.717) is 11.6 Å². The number of amidine groups is 1. The molecule has 2 rings (SSSR count). The minimum Gasteiger partial charge on any atom is -0.303 e. The van der Waals surface area contributed by atoms with Crippen molar-refractivity contribution in [3.05, 3.63) is 48.2 Å². The van der Waals surface area contributed by atoms with E-state index in [4.69, 9.17) is 0 Å². The number of amides is 1. The zero-order valence-electron chi connectivity index (χ0n) is 10.1. The van der Waals surface area contributed by atoms with Crippen LogP contribution in [0.15, 0.2) is 47.7 Å². The predicted octanol–water partition coefficient (Wildman–Crippen LogP) is 1.85. The van der Waals surface area contributed by atoms with Crippen LogP contribution < -0.4 is 10.7 Å². The van der Waals surface area contributed by atoms with Crippen molar-refractivity contribution in [3.63, 3.8) is 0 Å². The molecule has 1 aromatic rings. The number of hydrogen-bond donors (Lipinski definition) is 2. The molecule has 1 aliphatic rings. The number of hydrazone groups is 1. The van der Waals surface area contributed by atoms with Gasteiger partial charge >= 0.3 is 0 Å². The Kier molecular flexibility index (Phi) is 4.04. The average molecular weight is 261 g/mol. The van der Waals surface area contributed by atoms with Gasteiger partial charge in [0, 0.05) is 5.70 Å². The first-order valence-corrected chi connectivity index (χ1v) is 6.54. The van der Waals surface area contributed by atoms with E-state index < -0.39 is 0 Å². The van der Waals surface area contributed by atoms with Crippen molar-refractivity contribution < 1.29 is 4.79 Å². The highest BCUT2D eigenvalue weighted by Crippen LogP contribution is 2.22. The molecule has 1 aliphatic heterocycles. The standard InChI is InChI=1S/C13H15N3OS/c1-9(2)15-16-13-14-12(17)11(18-13)8-10-6-4-3-5-7-10/h3-7,11,15H,1,8H2,2H3,(H,14,16,17). The van der Waals surface area contributed by atoms with Gasteiger partial charge < -0.3 is 5.32 Å². The molecule has 1 fully saturated rings. The summed E-state index contributed by atoms with van der Waals surface area (Å²) in [6.07, 6.45) is 0.712. The van der Waals surface area contributed by atoms with E-state index in [9.17, 15) is 4.79 Å². The summed E-state index contributed by atoms with van der Waals surface area (Å²) in [5, 5.41) is 7.30. The fourth-order valence-corrected chi connectivity index (χ4v) is 2.54. The van der Waals surface area contributed by atoms with Gasteiger partial charge in [-0.2, -0.15) is 5.10 Å². The number of thioether (sulfide) groups is 1. The molecule has 1 saturated heterocycles. The van der Waals surface area contributed by atoms with E-state index in [1.165, 1.54) is 11.8 Å². The largest absolute Gasteiger partial charge is 0.303 e. The average Bonchev–Trinajstić information content (AvgIpc) is 2.69. The normalized spacial score (nSPS) is 20.8. The lowest BCUT2D eigenvalue weighted by molar-refractivity contribution is -0.118. The van der Waals surface area contributed by atoms with Crippen molar-refractivity contribution in [3.8, 4) is 0 Å². The molecule has 0 saturated carbocycles. The Hall–Kier alpha value is -1.75. The van der Waals surface area contributed by atoms with E-state index in [2.05, 4.69) is 22.4 Å². The maximum Gasteiger partial charge on any atom is 0.239 e. The summed E-state index contributed by atoms with van der Waals surface area (Å²) in [6.45, 7) is 5.49. The van der Waals surface area contributed by atoms with E-state index in [1.807, 2.05) is 37.3 Å². The van der Waals surface area contributed by atoms with E-state index in [-0.39, 0.29) is 11.2 Å². The van der Waals surface area contributed by atoms with Crippen molar-refractivity contribution in [2.24, 2.45) is 5.10 Å². The van der Waals surface area contributed by atoms with Crippen molar-refractivity contribution in [2.45, 2.75) is 18.6 Å². The Morgan fingerprint density at radius 1 is 1.50 bits per heavy atom. The first-order chi connectivity index (χ1) is 8.65. The lowest BCUT2D eigenvalue weighted by Gasteiger charge is -2.04. The fourth-order valence-electron chi connectivity index (χ4n) is 1.57. The van der Waals surface area contributed by atoms with Crippen LogP contribution in [0.3, 0.4) is 0 Å². The second-order valence-corrected chi connectivity index (χ2v) is 5.29. The van der Waals surface area contributed by atoms with E-state index in [1.54, 1.807) is 0 Å². The molecule has 1 heterocycles. The molecular formula is C13H15N3OS. The number of nitrogens with zero attached hydrogens (tertiary/aromatic N) is 1.